The van der Waals surface area contributed by atoms with Crippen LogP contribution in [-0.2, 0) is 9.59 Å². The predicted molar refractivity (Wildman–Crippen MR) is 57.3 cm³/mol. The molecule has 5 nitrogen and oxygen atoms in total. The van der Waals surface area contributed by atoms with Gasteiger partial charge >= 0.3 is 0 Å². The van der Waals surface area contributed by atoms with E-state index in [1.54, 1.807) is 11.9 Å². The fourth-order valence-electron chi connectivity index (χ4n) is 1.60. The number of hydrogen-bond acceptors (Lipinski definition) is 3. The standard InChI is InChI=1S/C10H19N3O2/c1-3-11-6-4-9(14)12-8-5-7-13(2)10(8)15/h8,11H,3-7H2,1-2H3,(H,12,14). The van der Waals surface area contributed by atoms with Crippen LogP contribution in [0.1, 0.15) is 19.8 Å². The van der Waals surface area contributed by atoms with Gasteiger partial charge in [-0.05, 0) is 13.0 Å². The van der Waals surface area contributed by atoms with E-state index in [2.05, 4.69) is 10.6 Å². The zero-order chi connectivity index (χ0) is 11.3. The van der Waals surface area contributed by atoms with E-state index in [9.17, 15) is 9.59 Å². The number of hydrogen-bond donors (Lipinski definition) is 2. The number of nitrogens with one attached hydrogen (secondary N) is 2. The van der Waals surface area contributed by atoms with Gasteiger partial charge in [-0.2, -0.15) is 0 Å². The van der Waals surface area contributed by atoms with Crippen LogP contribution in [0.4, 0.5) is 0 Å². The molecule has 0 radical (unpaired) electrons. The first-order chi connectivity index (χ1) is 7.15. The molecule has 0 spiro atoms. The molecule has 1 heterocycles. The first-order valence-electron chi connectivity index (χ1n) is 5.40. The number of likely N-dealkylation sites (tertiary alicyclic amines) is 1. The number of likely N-dealkylation sites (N-methyl/N-ethyl adjacent to an activating group) is 1. The molecule has 1 aliphatic heterocycles. The molecule has 2 N–H and O–H groups in total. The molecule has 0 saturated carbocycles. The molecule has 1 rings (SSSR count). The quantitative estimate of drug-likeness (QED) is 0.596. The predicted octanol–water partition coefficient (Wildman–Crippen LogP) is -0.667. The van der Waals surface area contributed by atoms with Gasteiger partial charge in [0.1, 0.15) is 6.04 Å². The van der Waals surface area contributed by atoms with Crippen LogP contribution in [-0.4, -0.2) is 49.4 Å². The van der Waals surface area contributed by atoms with Gasteiger partial charge in [-0.1, -0.05) is 6.92 Å². The Morgan fingerprint density at radius 2 is 2.33 bits per heavy atom. The lowest BCUT2D eigenvalue weighted by molar-refractivity contribution is -0.131. The maximum Gasteiger partial charge on any atom is 0.244 e. The normalized spacial score (nSPS) is 20.8. The zero-order valence-corrected chi connectivity index (χ0v) is 9.38. The van der Waals surface area contributed by atoms with Crippen LogP contribution in [0.15, 0.2) is 0 Å². The van der Waals surface area contributed by atoms with Crippen LogP contribution in [0.25, 0.3) is 0 Å². The molecule has 0 aromatic heterocycles. The van der Waals surface area contributed by atoms with Crippen molar-refractivity contribution in [3.8, 4) is 0 Å². The van der Waals surface area contributed by atoms with Gasteiger partial charge in [-0.15, -0.1) is 0 Å². The summed E-state index contributed by atoms with van der Waals surface area (Å²) in [5.41, 5.74) is 0. The summed E-state index contributed by atoms with van der Waals surface area (Å²) in [7, 11) is 1.76. The summed E-state index contributed by atoms with van der Waals surface area (Å²) >= 11 is 0. The van der Waals surface area contributed by atoms with Crippen molar-refractivity contribution in [3.05, 3.63) is 0 Å². The first-order valence-corrected chi connectivity index (χ1v) is 5.40. The summed E-state index contributed by atoms with van der Waals surface area (Å²) in [6.07, 6.45) is 1.16. The second-order valence-electron chi connectivity index (χ2n) is 3.77. The molecular weight excluding hydrogens is 194 g/mol. The van der Waals surface area contributed by atoms with E-state index in [1.165, 1.54) is 0 Å². The van der Waals surface area contributed by atoms with Gasteiger partial charge in [-0.25, -0.2) is 0 Å². The van der Waals surface area contributed by atoms with Crippen molar-refractivity contribution in [2.75, 3.05) is 26.7 Å². The number of carbonyl (C=O) groups excluding carboxylic acids is 2. The monoisotopic (exact) mass is 213 g/mol. The lowest BCUT2D eigenvalue weighted by Crippen LogP contribution is -2.41. The van der Waals surface area contributed by atoms with Crippen molar-refractivity contribution in [1.82, 2.24) is 15.5 Å². The van der Waals surface area contributed by atoms with Gasteiger partial charge < -0.3 is 15.5 Å². The van der Waals surface area contributed by atoms with Crippen molar-refractivity contribution >= 4 is 11.8 Å². The fourth-order valence-corrected chi connectivity index (χ4v) is 1.60. The molecule has 0 bridgehead atoms. The molecule has 86 valence electrons. The SMILES string of the molecule is CCNCCC(=O)NC1CCN(C)C1=O. The van der Waals surface area contributed by atoms with Gasteiger partial charge in [-0.3, -0.25) is 9.59 Å². The molecule has 1 atom stereocenters. The lowest BCUT2D eigenvalue weighted by atomic mass is 10.2. The number of nitrogens with zero attached hydrogens (tertiary/aromatic N) is 1. The highest BCUT2D eigenvalue weighted by Crippen LogP contribution is 2.08. The Kier molecular flexibility index (Phi) is 4.55. The van der Waals surface area contributed by atoms with Crippen molar-refractivity contribution < 1.29 is 9.59 Å². The zero-order valence-electron chi connectivity index (χ0n) is 9.38. The average Bonchev–Trinajstić information content (AvgIpc) is 2.50. The van der Waals surface area contributed by atoms with Gasteiger partial charge in [0.15, 0.2) is 0 Å². The Morgan fingerprint density at radius 3 is 2.87 bits per heavy atom. The third kappa shape index (κ3) is 3.51. The van der Waals surface area contributed by atoms with Crippen molar-refractivity contribution in [1.29, 1.82) is 0 Å². The minimum atomic E-state index is -0.302. The average molecular weight is 213 g/mol. The summed E-state index contributed by atoms with van der Waals surface area (Å²) in [6, 6.07) is -0.302. The van der Waals surface area contributed by atoms with Crippen molar-refractivity contribution in [2.45, 2.75) is 25.8 Å². The molecule has 1 fully saturated rings. The Bertz CT molecular complexity index is 243. The summed E-state index contributed by atoms with van der Waals surface area (Å²) in [6.45, 7) is 4.25. The van der Waals surface area contributed by atoms with Gasteiger partial charge in [0, 0.05) is 26.6 Å². The molecule has 15 heavy (non-hydrogen) atoms. The Morgan fingerprint density at radius 1 is 1.60 bits per heavy atom. The Labute approximate surface area is 90.2 Å². The van der Waals surface area contributed by atoms with E-state index in [-0.39, 0.29) is 17.9 Å². The van der Waals surface area contributed by atoms with E-state index in [0.717, 1.165) is 19.5 Å². The summed E-state index contributed by atoms with van der Waals surface area (Å²) < 4.78 is 0. The van der Waals surface area contributed by atoms with E-state index in [0.29, 0.717) is 13.0 Å². The topological polar surface area (TPSA) is 61.4 Å². The van der Waals surface area contributed by atoms with Crippen LogP contribution in [0.5, 0.6) is 0 Å². The van der Waals surface area contributed by atoms with Crippen LogP contribution >= 0.6 is 0 Å². The van der Waals surface area contributed by atoms with Crippen LogP contribution in [0.3, 0.4) is 0 Å². The van der Waals surface area contributed by atoms with E-state index in [4.69, 9.17) is 0 Å². The van der Waals surface area contributed by atoms with E-state index in [1.807, 2.05) is 6.92 Å². The highest BCUT2D eigenvalue weighted by Gasteiger charge is 2.29. The molecule has 0 aliphatic carbocycles. The highest BCUT2D eigenvalue weighted by molar-refractivity contribution is 5.88. The molecule has 0 aromatic rings. The molecule has 1 unspecified atom stereocenters. The second-order valence-corrected chi connectivity index (χ2v) is 3.77. The number of amides is 2. The second kappa shape index (κ2) is 5.70. The summed E-state index contributed by atoms with van der Waals surface area (Å²) in [5.74, 6) is -0.0311. The fraction of sp³-hybridized carbons (Fsp3) is 0.800. The third-order valence-electron chi connectivity index (χ3n) is 2.54. The lowest BCUT2D eigenvalue weighted by Gasteiger charge is -2.12. The number of rotatable bonds is 5. The maximum atomic E-state index is 11.5. The summed E-state index contributed by atoms with van der Waals surface area (Å²) in [5, 5.41) is 5.82. The van der Waals surface area contributed by atoms with Crippen molar-refractivity contribution in [3.63, 3.8) is 0 Å². The molecule has 2 amide bonds. The molecular formula is C10H19N3O2. The van der Waals surface area contributed by atoms with E-state index < -0.39 is 0 Å². The maximum absolute atomic E-state index is 11.5. The minimum absolute atomic E-state index is 0.0202. The largest absolute Gasteiger partial charge is 0.344 e. The Balaban J connectivity index is 2.23. The van der Waals surface area contributed by atoms with Crippen LogP contribution < -0.4 is 10.6 Å². The van der Waals surface area contributed by atoms with Crippen molar-refractivity contribution in [2.24, 2.45) is 0 Å². The smallest absolute Gasteiger partial charge is 0.244 e. The van der Waals surface area contributed by atoms with Crippen LogP contribution in [0, 0.1) is 0 Å². The summed E-state index contributed by atoms with van der Waals surface area (Å²) in [4.78, 5) is 24.5. The number of carbonyl (C=O) groups is 2. The van der Waals surface area contributed by atoms with Gasteiger partial charge in [0.05, 0.1) is 0 Å². The Hall–Kier alpha value is -1.10. The molecule has 5 heteroatoms. The molecule has 0 aromatic carbocycles. The van der Waals surface area contributed by atoms with Crippen LogP contribution in [0.2, 0.25) is 0 Å². The van der Waals surface area contributed by atoms with E-state index >= 15 is 0 Å². The third-order valence-corrected chi connectivity index (χ3v) is 2.54. The molecule has 1 saturated heterocycles. The molecule has 1 aliphatic rings. The van der Waals surface area contributed by atoms with Gasteiger partial charge in [0.25, 0.3) is 0 Å². The van der Waals surface area contributed by atoms with Gasteiger partial charge in [0.2, 0.25) is 11.8 Å². The highest BCUT2D eigenvalue weighted by atomic mass is 16.2. The minimum Gasteiger partial charge on any atom is -0.344 e. The first kappa shape index (κ1) is 12.0.